The minimum Gasteiger partial charge on any atom is -0.377 e. The Balaban J connectivity index is 1.58. The van der Waals surface area contributed by atoms with Gasteiger partial charge in [0.1, 0.15) is 5.25 Å². The molecule has 0 bridgehead atoms. The lowest BCUT2D eigenvalue weighted by Crippen LogP contribution is -2.46. The van der Waals surface area contributed by atoms with Gasteiger partial charge in [-0.2, -0.15) is 0 Å². The highest BCUT2D eigenvalue weighted by molar-refractivity contribution is 8.01. The molecular weight excluding hydrogens is 364 g/mol. The number of anilines is 1. The average molecular weight is 386 g/mol. The lowest BCUT2D eigenvalue weighted by Gasteiger charge is -2.34. The monoisotopic (exact) mass is 386 g/mol. The van der Waals surface area contributed by atoms with Gasteiger partial charge in [0.25, 0.3) is 0 Å². The van der Waals surface area contributed by atoms with E-state index in [-0.39, 0.29) is 12.5 Å². The van der Waals surface area contributed by atoms with Crippen molar-refractivity contribution in [1.29, 1.82) is 0 Å². The van der Waals surface area contributed by atoms with Gasteiger partial charge in [0, 0.05) is 18.0 Å². The van der Waals surface area contributed by atoms with Crippen LogP contribution in [0.4, 0.5) is 5.69 Å². The van der Waals surface area contributed by atoms with Crippen molar-refractivity contribution < 1.29 is 19.5 Å². The van der Waals surface area contributed by atoms with Crippen LogP contribution in [0, 0.1) is 0 Å². The van der Waals surface area contributed by atoms with E-state index in [1.165, 1.54) is 11.8 Å². The first kappa shape index (κ1) is 19.4. The first-order chi connectivity index (χ1) is 13.2. The second kappa shape index (κ2) is 9.55. The predicted octanol–water partition coefficient (Wildman–Crippen LogP) is 2.95. The highest BCUT2D eigenvalue weighted by atomic mass is 32.2. The standard InChI is InChI=1S/C20H22N2O4S/c23-15-21(25)13-19-20(24)22(17-9-4-5-10-18(17)27-19)11-6-12-26-14-16-7-2-1-3-8-16/h1-5,7-10,15,19,25H,6,11-14H2. The number of amides is 2. The number of ether oxygens (including phenoxy) is 1. The summed E-state index contributed by atoms with van der Waals surface area (Å²) in [5.41, 5.74) is 1.98. The molecule has 142 valence electrons. The molecule has 0 aliphatic carbocycles. The van der Waals surface area contributed by atoms with Crippen molar-refractivity contribution in [2.75, 3.05) is 24.6 Å². The van der Waals surface area contributed by atoms with Crippen LogP contribution in [-0.4, -0.2) is 47.5 Å². The molecule has 2 amide bonds. The molecule has 6 nitrogen and oxygen atoms in total. The molecule has 0 fully saturated rings. The summed E-state index contributed by atoms with van der Waals surface area (Å²) < 4.78 is 5.71. The zero-order chi connectivity index (χ0) is 19.1. The van der Waals surface area contributed by atoms with Crippen LogP contribution in [0.2, 0.25) is 0 Å². The Hall–Kier alpha value is -2.35. The number of carbonyl (C=O) groups excluding carboxylic acids is 2. The lowest BCUT2D eigenvalue weighted by molar-refractivity contribution is -0.150. The van der Waals surface area contributed by atoms with Gasteiger partial charge in [-0.3, -0.25) is 14.8 Å². The fourth-order valence-electron chi connectivity index (χ4n) is 2.92. The van der Waals surface area contributed by atoms with Crippen LogP contribution in [0.15, 0.2) is 59.5 Å². The smallest absolute Gasteiger partial charge is 0.242 e. The summed E-state index contributed by atoms with van der Waals surface area (Å²) in [7, 11) is 0. The molecule has 27 heavy (non-hydrogen) atoms. The second-order valence-corrected chi connectivity index (χ2v) is 7.43. The predicted molar refractivity (Wildman–Crippen MR) is 104 cm³/mol. The number of hydrogen-bond acceptors (Lipinski definition) is 5. The Labute approximate surface area is 162 Å². The molecule has 0 saturated heterocycles. The van der Waals surface area contributed by atoms with E-state index in [0.717, 1.165) is 16.1 Å². The summed E-state index contributed by atoms with van der Waals surface area (Å²) in [5.74, 6) is -0.109. The Morgan fingerprint density at radius 1 is 1.15 bits per heavy atom. The van der Waals surface area contributed by atoms with Crippen LogP contribution < -0.4 is 4.90 Å². The normalized spacial score (nSPS) is 16.1. The number of hydrogen-bond donors (Lipinski definition) is 1. The fraction of sp³-hybridized carbons (Fsp3) is 0.300. The molecule has 0 saturated carbocycles. The Kier molecular flexibility index (Phi) is 6.86. The third kappa shape index (κ3) is 5.09. The zero-order valence-corrected chi connectivity index (χ0v) is 15.7. The quantitative estimate of drug-likeness (QED) is 0.311. The highest BCUT2D eigenvalue weighted by Gasteiger charge is 2.34. The minimum atomic E-state index is -0.527. The molecule has 1 heterocycles. The summed E-state index contributed by atoms with van der Waals surface area (Å²) in [6.45, 7) is 1.57. The van der Waals surface area contributed by atoms with Gasteiger partial charge in [-0.15, -0.1) is 11.8 Å². The summed E-state index contributed by atoms with van der Waals surface area (Å²) in [4.78, 5) is 26.2. The molecule has 7 heteroatoms. The molecule has 0 spiro atoms. The van der Waals surface area contributed by atoms with Gasteiger partial charge in [0.2, 0.25) is 12.3 Å². The van der Waals surface area contributed by atoms with E-state index in [2.05, 4.69) is 0 Å². The Bertz CT molecular complexity index is 772. The molecule has 2 aromatic rings. The molecule has 1 N–H and O–H groups in total. The van der Waals surface area contributed by atoms with E-state index in [4.69, 9.17) is 4.74 Å². The van der Waals surface area contributed by atoms with E-state index < -0.39 is 5.25 Å². The SMILES string of the molecule is O=CN(O)CC1Sc2ccccc2N(CCCOCc2ccccc2)C1=O. The molecule has 2 aromatic carbocycles. The first-order valence-electron chi connectivity index (χ1n) is 8.78. The first-order valence-corrected chi connectivity index (χ1v) is 9.66. The van der Waals surface area contributed by atoms with Gasteiger partial charge >= 0.3 is 0 Å². The van der Waals surface area contributed by atoms with Crippen LogP contribution in [0.5, 0.6) is 0 Å². The van der Waals surface area contributed by atoms with Gasteiger partial charge < -0.3 is 9.64 Å². The van der Waals surface area contributed by atoms with Gasteiger partial charge in [-0.05, 0) is 24.1 Å². The largest absolute Gasteiger partial charge is 0.377 e. The number of thioether (sulfide) groups is 1. The molecule has 1 unspecified atom stereocenters. The number of rotatable bonds is 9. The van der Waals surface area contributed by atoms with Crippen molar-refractivity contribution in [2.45, 2.75) is 23.2 Å². The lowest BCUT2D eigenvalue weighted by atomic mass is 10.2. The van der Waals surface area contributed by atoms with Crippen LogP contribution in [0.3, 0.4) is 0 Å². The van der Waals surface area contributed by atoms with Crippen molar-refractivity contribution in [1.82, 2.24) is 5.06 Å². The van der Waals surface area contributed by atoms with Gasteiger partial charge in [-0.1, -0.05) is 42.5 Å². The van der Waals surface area contributed by atoms with E-state index in [1.807, 2.05) is 54.6 Å². The maximum atomic E-state index is 12.8. The third-order valence-electron chi connectivity index (χ3n) is 4.22. The summed E-state index contributed by atoms with van der Waals surface area (Å²) >= 11 is 1.37. The molecule has 0 aromatic heterocycles. The van der Waals surface area contributed by atoms with Crippen LogP contribution in [-0.2, 0) is 20.9 Å². The number of benzene rings is 2. The van der Waals surface area contributed by atoms with Crippen LogP contribution in [0.25, 0.3) is 0 Å². The summed E-state index contributed by atoms with van der Waals surface area (Å²) in [6, 6.07) is 17.6. The highest BCUT2D eigenvalue weighted by Crippen LogP contribution is 2.39. The number of fused-ring (bicyclic) bond motifs is 1. The molecule has 1 aliphatic heterocycles. The molecule has 1 atom stereocenters. The van der Waals surface area contributed by atoms with E-state index in [1.54, 1.807) is 4.90 Å². The zero-order valence-electron chi connectivity index (χ0n) is 14.9. The minimum absolute atomic E-state index is 0.0393. The van der Waals surface area contributed by atoms with Crippen LogP contribution in [0.1, 0.15) is 12.0 Å². The number of carbonyl (C=O) groups is 2. The number of para-hydroxylation sites is 1. The number of hydroxylamine groups is 2. The van der Waals surface area contributed by atoms with Crippen molar-refractivity contribution in [3.63, 3.8) is 0 Å². The van der Waals surface area contributed by atoms with E-state index in [0.29, 0.717) is 37.7 Å². The fourth-order valence-corrected chi connectivity index (χ4v) is 4.14. The maximum Gasteiger partial charge on any atom is 0.242 e. The van der Waals surface area contributed by atoms with Crippen molar-refractivity contribution >= 4 is 29.8 Å². The molecule has 3 rings (SSSR count). The third-order valence-corrected chi connectivity index (χ3v) is 5.46. The maximum absolute atomic E-state index is 12.8. The molecule has 1 aliphatic rings. The van der Waals surface area contributed by atoms with E-state index >= 15 is 0 Å². The molecule has 0 radical (unpaired) electrons. The topological polar surface area (TPSA) is 70.1 Å². The molecular formula is C20H22N2O4S. The van der Waals surface area contributed by atoms with Gasteiger partial charge in [0.15, 0.2) is 0 Å². The average Bonchev–Trinajstić information content (AvgIpc) is 2.70. The van der Waals surface area contributed by atoms with Gasteiger partial charge in [0.05, 0.1) is 18.8 Å². The summed E-state index contributed by atoms with van der Waals surface area (Å²) in [6.07, 6.45) is 1.01. The number of nitrogens with zero attached hydrogens (tertiary/aromatic N) is 2. The van der Waals surface area contributed by atoms with E-state index in [9.17, 15) is 14.8 Å². The Morgan fingerprint density at radius 2 is 1.89 bits per heavy atom. The van der Waals surface area contributed by atoms with Crippen molar-refractivity contribution in [3.8, 4) is 0 Å². The van der Waals surface area contributed by atoms with Gasteiger partial charge in [-0.25, -0.2) is 5.06 Å². The van der Waals surface area contributed by atoms with Crippen molar-refractivity contribution in [3.05, 3.63) is 60.2 Å². The van der Waals surface area contributed by atoms with Crippen molar-refractivity contribution in [2.24, 2.45) is 0 Å². The Morgan fingerprint density at radius 3 is 2.67 bits per heavy atom. The summed E-state index contributed by atoms with van der Waals surface area (Å²) in [5, 5.41) is 9.47. The van der Waals surface area contributed by atoms with Crippen LogP contribution >= 0.6 is 11.8 Å². The second-order valence-electron chi connectivity index (χ2n) is 6.18.